The van der Waals surface area contributed by atoms with Gasteiger partial charge >= 0.3 is 5.97 Å². The molecular weight excluding hydrogens is 307 g/mol. The number of carbonyl (C=O) groups excluding carboxylic acids is 1. The number of carbonyl (C=O) groups is 1. The average molecular weight is 330 g/mol. The molecule has 0 saturated carbocycles. The molecule has 0 radical (unpaired) electrons. The zero-order valence-electron chi connectivity index (χ0n) is 14.6. The molecule has 2 aromatic rings. The van der Waals surface area contributed by atoms with Crippen molar-refractivity contribution in [3.63, 3.8) is 0 Å². The second kappa shape index (κ2) is 7.95. The van der Waals surface area contributed by atoms with E-state index < -0.39 is 0 Å². The number of esters is 1. The molecule has 0 aliphatic heterocycles. The van der Waals surface area contributed by atoms with Crippen molar-refractivity contribution in [1.29, 1.82) is 0 Å². The van der Waals surface area contributed by atoms with E-state index in [9.17, 15) is 9.18 Å². The van der Waals surface area contributed by atoms with Crippen molar-refractivity contribution in [1.82, 2.24) is 0 Å². The van der Waals surface area contributed by atoms with Crippen LogP contribution in [0, 0.1) is 19.7 Å². The lowest BCUT2D eigenvalue weighted by molar-refractivity contribution is -0.139. The SMILES string of the molecule is CCc1cccc(CC(=O)OC)c1COc1cc(C)c(C)cc1F. The number of halogens is 1. The number of rotatable bonds is 6. The van der Waals surface area contributed by atoms with E-state index in [0.717, 1.165) is 34.2 Å². The lowest BCUT2D eigenvalue weighted by Crippen LogP contribution is -2.11. The van der Waals surface area contributed by atoms with Crippen molar-refractivity contribution in [3.8, 4) is 5.75 Å². The van der Waals surface area contributed by atoms with E-state index in [4.69, 9.17) is 9.47 Å². The van der Waals surface area contributed by atoms with Crippen molar-refractivity contribution in [2.75, 3.05) is 7.11 Å². The number of benzene rings is 2. The van der Waals surface area contributed by atoms with Gasteiger partial charge in [0.2, 0.25) is 0 Å². The summed E-state index contributed by atoms with van der Waals surface area (Å²) in [7, 11) is 1.37. The summed E-state index contributed by atoms with van der Waals surface area (Å²) < 4.78 is 24.6. The summed E-state index contributed by atoms with van der Waals surface area (Å²) >= 11 is 0. The summed E-state index contributed by atoms with van der Waals surface area (Å²) in [5.41, 5.74) is 4.72. The molecule has 4 heteroatoms. The molecule has 0 heterocycles. The zero-order valence-corrected chi connectivity index (χ0v) is 14.6. The Morgan fingerprint density at radius 1 is 1.12 bits per heavy atom. The molecule has 128 valence electrons. The lowest BCUT2D eigenvalue weighted by atomic mass is 9.97. The second-order valence-corrected chi connectivity index (χ2v) is 5.82. The van der Waals surface area contributed by atoms with E-state index in [1.807, 2.05) is 39.0 Å². The third-order valence-electron chi connectivity index (χ3n) is 4.23. The monoisotopic (exact) mass is 330 g/mol. The Morgan fingerprint density at radius 2 is 1.79 bits per heavy atom. The highest BCUT2D eigenvalue weighted by Crippen LogP contribution is 2.25. The first kappa shape index (κ1) is 18.0. The van der Waals surface area contributed by atoms with Crippen molar-refractivity contribution in [2.45, 2.75) is 40.2 Å². The molecule has 0 bridgehead atoms. The molecule has 0 saturated heterocycles. The van der Waals surface area contributed by atoms with E-state index in [1.165, 1.54) is 13.2 Å². The molecule has 0 amide bonds. The van der Waals surface area contributed by atoms with Gasteiger partial charge in [0.15, 0.2) is 11.6 Å². The quantitative estimate of drug-likeness (QED) is 0.741. The Hall–Kier alpha value is -2.36. The fourth-order valence-electron chi connectivity index (χ4n) is 2.61. The highest BCUT2D eigenvalue weighted by Gasteiger charge is 2.13. The van der Waals surface area contributed by atoms with Crippen LogP contribution in [0.15, 0.2) is 30.3 Å². The van der Waals surface area contributed by atoms with Crippen LogP contribution >= 0.6 is 0 Å². The van der Waals surface area contributed by atoms with E-state index >= 15 is 0 Å². The van der Waals surface area contributed by atoms with Crippen molar-refractivity contribution in [2.24, 2.45) is 0 Å². The Kier molecular flexibility index (Phi) is 5.96. The standard InChI is InChI=1S/C20H23FO3/c1-5-15-7-6-8-16(11-20(22)23-4)17(15)12-24-19-10-14(3)13(2)9-18(19)21/h6-10H,5,11-12H2,1-4H3. The zero-order chi connectivity index (χ0) is 17.7. The number of aryl methyl sites for hydroxylation is 3. The lowest BCUT2D eigenvalue weighted by Gasteiger charge is -2.15. The summed E-state index contributed by atoms with van der Waals surface area (Å²) in [6.45, 7) is 6.04. The molecule has 0 aliphatic rings. The average Bonchev–Trinajstić information content (AvgIpc) is 2.57. The summed E-state index contributed by atoms with van der Waals surface area (Å²) in [4.78, 5) is 11.6. The minimum Gasteiger partial charge on any atom is -0.486 e. The van der Waals surface area contributed by atoms with Gasteiger partial charge in [-0.1, -0.05) is 25.1 Å². The molecule has 0 fully saturated rings. The van der Waals surface area contributed by atoms with Crippen molar-refractivity contribution < 1.29 is 18.7 Å². The van der Waals surface area contributed by atoms with E-state index in [0.29, 0.717) is 0 Å². The van der Waals surface area contributed by atoms with Crippen LogP contribution in [0.3, 0.4) is 0 Å². The first-order chi connectivity index (χ1) is 11.5. The molecule has 3 nitrogen and oxygen atoms in total. The van der Waals surface area contributed by atoms with Gasteiger partial charge in [-0.2, -0.15) is 0 Å². The first-order valence-electron chi connectivity index (χ1n) is 8.02. The Balaban J connectivity index is 2.28. The molecule has 0 spiro atoms. The van der Waals surface area contributed by atoms with Gasteiger partial charge in [-0.15, -0.1) is 0 Å². The highest BCUT2D eigenvalue weighted by molar-refractivity contribution is 5.73. The molecule has 0 aliphatic carbocycles. The molecular formula is C20H23FO3. The van der Waals surface area contributed by atoms with Gasteiger partial charge in [0.25, 0.3) is 0 Å². The van der Waals surface area contributed by atoms with Gasteiger partial charge in [-0.05, 0) is 60.2 Å². The number of hydrogen-bond acceptors (Lipinski definition) is 3. The largest absolute Gasteiger partial charge is 0.486 e. The highest BCUT2D eigenvalue weighted by atomic mass is 19.1. The molecule has 2 aromatic carbocycles. The van der Waals surface area contributed by atoms with Crippen LogP contribution in [-0.2, 0) is 29.0 Å². The van der Waals surface area contributed by atoms with Gasteiger partial charge in [-0.25, -0.2) is 4.39 Å². The third kappa shape index (κ3) is 4.13. The maximum Gasteiger partial charge on any atom is 0.309 e. The summed E-state index contributed by atoms with van der Waals surface area (Å²) in [6.07, 6.45) is 0.988. The van der Waals surface area contributed by atoms with Gasteiger partial charge < -0.3 is 9.47 Å². The number of hydrogen-bond donors (Lipinski definition) is 0. The smallest absolute Gasteiger partial charge is 0.309 e. The maximum absolute atomic E-state index is 14.1. The summed E-state index contributed by atoms with van der Waals surface area (Å²) in [5.74, 6) is -0.448. The molecule has 2 rings (SSSR count). The van der Waals surface area contributed by atoms with Crippen LogP contribution in [0.4, 0.5) is 4.39 Å². The fraction of sp³-hybridized carbons (Fsp3) is 0.350. The molecule has 0 aromatic heterocycles. The predicted molar refractivity (Wildman–Crippen MR) is 91.7 cm³/mol. The maximum atomic E-state index is 14.1. The van der Waals surface area contributed by atoms with Crippen LogP contribution < -0.4 is 4.74 Å². The van der Waals surface area contributed by atoms with Crippen LogP contribution in [0.1, 0.15) is 34.7 Å². The summed E-state index contributed by atoms with van der Waals surface area (Å²) in [5, 5.41) is 0. The van der Waals surface area contributed by atoms with E-state index in [2.05, 4.69) is 0 Å². The van der Waals surface area contributed by atoms with Gasteiger partial charge in [0, 0.05) is 0 Å². The van der Waals surface area contributed by atoms with Crippen molar-refractivity contribution in [3.05, 3.63) is 64.0 Å². The van der Waals surface area contributed by atoms with Gasteiger partial charge in [0.1, 0.15) is 6.61 Å². The Bertz CT molecular complexity index is 738. The minimum absolute atomic E-state index is 0.179. The van der Waals surface area contributed by atoms with Crippen LogP contribution in [0.2, 0.25) is 0 Å². The molecule has 24 heavy (non-hydrogen) atoms. The third-order valence-corrected chi connectivity index (χ3v) is 4.23. The van der Waals surface area contributed by atoms with Gasteiger partial charge in [-0.3, -0.25) is 4.79 Å². The van der Waals surface area contributed by atoms with Crippen molar-refractivity contribution >= 4 is 5.97 Å². The van der Waals surface area contributed by atoms with E-state index in [1.54, 1.807) is 6.07 Å². The molecule has 0 N–H and O–H groups in total. The van der Waals surface area contributed by atoms with Crippen LogP contribution in [0.5, 0.6) is 5.75 Å². The summed E-state index contributed by atoms with van der Waals surface area (Å²) in [6, 6.07) is 8.98. The fourth-order valence-corrected chi connectivity index (χ4v) is 2.61. The van der Waals surface area contributed by atoms with Gasteiger partial charge in [0.05, 0.1) is 13.5 Å². The van der Waals surface area contributed by atoms with Crippen LogP contribution in [0.25, 0.3) is 0 Å². The molecule has 0 unspecified atom stereocenters. The predicted octanol–water partition coefficient (Wildman–Crippen LogP) is 4.30. The second-order valence-electron chi connectivity index (χ2n) is 5.82. The number of ether oxygens (including phenoxy) is 2. The topological polar surface area (TPSA) is 35.5 Å². The van der Waals surface area contributed by atoms with Crippen LogP contribution in [-0.4, -0.2) is 13.1 Å². The Morgan fingerprint density at radius 3 is 2.46 bits per heavy atom. The first-order valence-corrected chi connectivity index (χ1v) is 8.02. The normalized spacial score (nSPS) is 10.5. The Labute approximate surface area is 142 Å². The number of methoxy groups -OCH3 is 1. The minimum atomic E-state index is -0.374. The molecule has 0 atom stereocenters. The van der Waals surface area contributed by atoms with E-state index in [-0.39, 0.29) is 30.6 Å².